The molecule has 0 aliphatic carbocycles. The lowest BCUT2D eigenvalue weighted by molar-refractivity contribution is -0.275. The van der Waals surface area contributed by atoms with Crippen LogP contribution < -0.4 is 9.46 Å². The highest BCUT2D eigenvalue weighted by Crippen LogP contribution is 2.29. The van der Waals surface area contributed by atoms with Crippen molar-refractivity contribution < 1.29 is 31.4 Å². The summed E-state index contributed by atoms with van der Waals surface area (Å²) in [7, 11) is -4.30. The van der Waals surface area contributed by atoms with Crippen LogP contribution in [-0.4, -0.2) is 26.4 Å². The molecule has 5 nitrogen and oxygen atoms in total. The van der Waals surface area contributed by atoms with E-state index >= 15 is 0 Å². The number of sulfonamides is 1. The third-order valence-corrected chi connectivity index (χ3v) is 4.48. The molecule has 2 N–H and O–H groups in total. The van der Waals surface area contributed by atoms with Crippen LogP contribution in [0.5, 0.6) is 5.75 Å². The summed E-state index contributed by atoms with van der Waals surface area (Å²) >= 11 is 0. The topological polar surface area (TPSA) is 75.6 Å². The van der Waals surface area contributed by atoms with Gasteiger partial charge in [0.1, 0.15) is 10.6 Å². The van der Waals surface area contributed by atoms with Gasteiger partial charge in [-0.25, -0.2) is 13.1 Å². The van der Waals surface area contributed by atoms with E-state index in [9.17, 15) is 26.7 Å². The van der Waals surface area contributed by atoms with Gasteiger partial charge in [-0.3, -0.25) is 0 Å². The molecule has 2 aromatic carbocycles. The van der Waals surface area contributed by atoms with E-state index in [4.69, 9.17) is 0 Å². The van der Waals surface area contributed by atoms with Gasteiger partial charge in [-0.05, 0) is 17.7 Å². The molecule has 0 aliphatic heterocycles. The number of ether oxygens (including phenoxy) is 1. The molecule has 0 fully saturated rings. The van der Waals surface area contributed by atoms with Crippen molar-refractivity contribution in [3.8, 4) is 5.75 Å². The van der Waals surface area contributed by atoms with E-state index in [0.29, 0.717) is 5.56 Å². The fourth-order valence-corrected chi connectivity index (χ4v) is 3.11. The van der Waals surface area contributed by atoms with Crippen molar-refractivity contribution in [3.05, 3.63) is 60.2 Å². The molecular formula is C15H14F3NO4S. The minimum absolute atomic E-state index is 0.396. The lowest BCUT2D eigenvalue weighted by Gasteiger charge is -2.15. The van der Waals surface area contributed by atoms with Gasteiger partial charge in [0, 0.05) is 6.54 Å². The number of halogens is 3. The average Bonchev–Trinajstić information content (AvgIpc) is 2.52. The highest BCUT2D eigenvalue weighted by atomic mass is 32.2. The van der Waals surface area contributed by atoms with Crippen molar-refractivity contribution in [2.45, 2.75) is 17.4 Å². The largest absolute Gasteiger partial charge is 0.573 e. The third kappa shape index (κ3) is 4.95. The van der Waals surface area contributed by atoms with Crippen molar-refractivity contribution in [2.75, 3.05) is 6.54 Å². The summed E-state index contributed by atoms with van der Waals surface area (Å²) in [5.74, 6) is -0.841. The number of benzene rings is 2. The van der Waals surface area contributed by atoms with E-state index in [1.807, 2.05) is 0 Å². The second-order valence-corrected chi connectivity index (χ2v) is 6.51. The van der Waals surface area contributed by atoms with Gasteiger partial charge >= 0.3 is 6.36 Å². The van der Waals surface area contributed by atoms with Crippen LogP contribution in [0.1, 0.15) is 11.7 Å². The summed E-state index contributed by atoms with van der Waals surface area (Å²) in [5.41, 5.74) is 0.472. The Kier molecular flexibility index (Phi) is 5.47. The van der Waals surface area contributed by atoms with Crippen molar-refractivity contribution in [2.24, 2.45) is 0 Å². The van der Waals surface area contributed by atoms with Gasteiger partial charge in [-0.2, -0.15) is 0 Å². The first-order valence-corrected chi connectivity index (χ1v) is 8.25. The Bertz CT molecular complexity index is 779. The number of hydrogen-bond donors (Lipinski definition) is 2. The molecule has 0 heterocycles. The number of para-hydroxylation sites is 1. The summed E-state index contributed by atoms with van der Waals surface area (Å²) in [5, 5.41) is 9.95. The molecule has 0 bridgehead atoms. The quantitative estimate of drug-likeness (QED) is 0.829. The minimum Gasteiger partial charge on any atom is -0.404 e. The second-order valence-electron chi connectivity index (χ2n) is 4.77. The average molecular weight is 361 g/mol. The number of hydrogen-bond acceptors (Lipinski definition) is 4. The molecule has 0 aromatic heterocycles. The zero-order valence-corrected chi connectivity index (χ0v) is 13.0. The van der Waals surface area contributed by atoms with E-state index in [2.05, 4.69) is 9.46 Å². The van der Waals surface area contributed by atoms with Gasteiger partial charge in [-0.1, -0.05) is 42.5 Å². The predicted octanol–water partition coefficient (Wildman–Crippen LogP) is 2.60. The number of nitrogens with one attached hydrogen (secondary N) is 1. The Balaban J connectivity index is 2.16. The van der Waals surface area contributed by atoms with Crippen LogP contribution in [-0.2, 0) is 10.0 Å². The molecule has 130 valence electrons. The first-order valence-electron chi connectivity index (χ1n) is 6.76. The van der Waals surface area contributed by atoms with Crippen molar-refractivity contribution in [1.29, 1.82) is 0 Å². The summed E-state index contributed by atoms with van der Waals surface area (Å²) in [4.78, 5) is -0.664. The van der Waals surface area contributed by atoms with E-state index < -0.39 is 39.7 Å². The van der Waals surface area contributed by atoms with Gasteiger partial charge in [-0.15, -0.1) is 13.2 Å². The summed E-state index contributed by atoms with van der Waals surface area (Å²) < 4.78 is 67.3. The maximum atomic E-state index is 12.4. The first-order chi connectivity index (χ1) is 11.2. The maximum absolute atomic E-state index is 12.4. The Labute approximate surface area is 136 Å². The Morgan fingerprint density at radius 3 is 2.25 bits per heavy atom. The fourth-order valence-electron chi connectivity index (χ4n) is 1.94. The van der Waals surface area contributed by atoms with Crippen LogP contribution in [0, 0.1) is 0 Å². The van der Waals surface area contributed by atoms with E-state index in [-0.39, 0.29) is 0 Å². The summed E-state index contributed by atoms with van der Waals surface area (Å²) in [6.07, 6.45) is -6.16. The van der Waals surface area contributed by atoms with Crippen molar-refractivity contribution in [3.63, 3.8) is 0 Å². The van der Waals surface area contributed by atoms with Gasteiger partial charge < -0.3 is 9.84 Å². The lowest BCUT2D eigenvalue weighted by atomic mass is 10.1. The first kappa shape index (κ1) is 18.2. The molecule has 0 saturated heterocycles. The molecule has 0 aliphatic rings. The van der Waals surface area contributed by atoms with Crippen LogP contribution >= 0.6 is 0 Å². The molecule has 9 heteroatoms. The normalized spacial score (nSPS) is 13.5. The molecule has 24 heavy (non-hydrogen) atoms. The molecule has 0 amide bonds. The second kappa shape index (κ2) is 7.20. The lowest BCUT2D eigenvalue weighted by Crippen LogP contribution is -2.29. The number of rotatable bonds is 6. The third-order valence-electron chi connectivity index (χ3n) is 3.02. The summed E-state index contributed by atoms with van der Waals surface area (Å²) in [6, 6.07) is 12.6. The zero-order valence-electron chi connectivity index (χ0n) is 12.2. The minimum atomic E-state index is -5.02. The number of alkyl halides is 3. The fraction of sp³-hybridized carbons (Fsp3) is 0.200. The zero-order chi connectivity index (χ0) is 17.8. The Morgan fingerprint density at radius 2 is 1.62 bits per heavy atom. The van der Waals surface area contributed by atoms with Crippen LogP contribution in [0.15, 0.2) is 59.5 Å². The Hall–Kier alpha value is -2.10. The molecule has 2 rings (SSSR count). The van der Waals surface area contributed by atoms with Crippen LogP contribution in [0.2, 0.25) is 0 Å². The summed E-state index contributed by atoms with van der Waals surface area (Å²) in [6.45, 7) is -0.396. The van der Waals surface area contributed by atoms with E-state index in [0.717, 1.165) is 12.1 Å². The van der Waals surface area contributed by atoms with Crippen molar-refractivity contribution in [1.82, 2.24) is 4.72 Å². The monoisotopic (exact) mass is 361 g/mol. The molecule has 2 aromatic rings. The Morgan fingerprint density at radius 1 is 1.04 bits per heavy atom. The van der Waals surface area contributed by atoms with E-state index in [1.165, 1.54) is 12.1 Å². The molecule has 0 radical (unpaired) electrons. The van der Waals surface area contributed by atoms with Gasteiger partial charge in [0.2, 0.25) is 10.0 Å². The van der Waals surface area contributed by atoms with Gasteiger partial charge in [0.25, 0.3) is 0 Å². The van der Waals surface area contributed by atoms with Crippen LogP contribution in [0.25, 0.3) is 0 Å². The maximum Gasteiger partial charge on any atom is 0.573 e. The molecule has 0 saturated carbocycles. The number of aliphatic hydroxyl groups excluding tert-OH is 1. The molecule has 0 spiro atoms. The molecular weight excluding hydrogens is 347 g/mol. The molecule has 1 atom stereocenters. The highest BCUT2D eigenvalue weighted by molar-refractivity contribution is 7.89. The predicted molar refractivity (Wildman–Crippen MR) is 79.7 cm³/mol. The van der Waals surface area contributed by atoms with Gasteiger partial charge in [0.15, 0.2) is 0 Å². The van der Waals surface area contributed by atoms with E-state index in [1.54, 1.807) is 30.3 Å². The van der Waals surface area contributed by atoms with Crippen molar-refractivity contribution >= 4 is 10.0 Å². The number of aliphatic hydroxyl groups is 1. The smallest absolute Gasteiger partial charge is 0.404 e. The SMILES string of the molecule is O=S(=O)(NCC(O)c1ccccc1)c1ccccc1OC(F)(F)F. The standard InChI is InChI=1S/C15H14F3NO4S/c16-15(17,18)23-13-8-4-5-9-14(13)24(21,22)19-10-12(20)11-6-2-1-3-7-11/h1-9,12,19-20H,10H2. The highest BCUT2D eigenvalue weighted by Gasteiger charge is 2.34. The van der Waals surface area contributed by atoms with Crippen LogP contribution in [0.4, 0.5) is 13.2 Å². The van der Waals surface area contributed by atoms with Crippen LogP contribution in [0.3, 0.4) is 0 Å². The van der Waals surface area contributed by atoms with Gasteiger partial charge in [0.05, 0.1) is 6.10 Å². The molecule has 1 unspecified atom stereocenters.